The molecule has 150 valence electrons. The van der Waals surface area contributed by atoms with Crippen LogP contribution in [0.25, 0.3) is 10.2 Å². The average Bonchev–Trinajstić information content (AvgIpc) is 3.08. The predicted molar refractivity (Wildman–Crippen MR) is 116 cm³/mol. The molecule has 1 unspecified atom stereocenters. The number of anilines is 1. The van der Waals surface area contributed by atoms with Crippen molar-refractivity contribution in [1.82, 2.24) is 9.97 Å². The summed E-state index contributed by atoms with van der Waals surface area (Å²) in [4.78, 5) is 34.6. The van der Waals surface area contributed by atoms with Gasteiger partial charge < -0.3 is 5.32 Å². The number of nitro benzene ring substituents is 1. The Labute approximate surface area is 176 Å². The third-order valence-corrected chi connectivity index (χ3v) is 7.35. The van der Waals surface area contributed by atoms with Gasteiger partial charge in [0.25, 0.3) is 5.69 Å². The number of thiophene rings is 1. The zero-order chi connectivity index (χ0) is 20.5. The topological polar surface area (TPSA) is 98.0 Å². The summed E-state index contributed by atoms with van der Waals surface area (Å²) in [6.07, 6.45) is 6.05. The molecule has 0 radical (unpaired) electrons. The first-order valence-corrected chi connectivity index (χ1v) is 11.1. The van der Waals surface area contributed by atoms with Gasteiger partial charge in [-0.05, 0) is 51.2 Å². The summed E-state index contributed by atoms with van der Waals surface area (Å²) in [6, 6.07) is 4.70. The average molecular weight is 429 g/mol. The molecule has 3 aromatic rings. The third-order valence-electron chi connectivity index (χ3n) is 5.05. The van der Waals surface area contributed by atoms with Gasteiger partial charge in [0.05, 0.1) is 10.2 Å². The van der Waals surface area contributed by atoms with Crippen molar-refractivity contribution in [2.24, 2.45) is 0 Å². The van der Waals surface area contributed by atoms with Crippen LogP contribution in [0, 0.1) is 17.0 Å². The fourth-order valence-corrected chi connectivity index (χ4v) is 5.74. The lowest BCUT2D eigenvalue weighted by atomic mass is 9.97. The summed E-state index contributed by atoms with van der Waals surface area (Å²) >= 11 is 3.13. The van der Waals surface area contributed by atoms with Crippen LogP contribution in [0.3, 0.4) is 0 Å². The lowest BCUT2D eigenvalue weighted by molar-refractivity contribution is -0.385. The standard InChI is InChI=1S/C20H20N4O3S2/c1-11-7-8-13(9-15(11)24(26)27)23-18(25)12(2)28-19-17-14-5-3-4-6-16(14)29-20(17)22-10-21-19/h7-10,12H,3-6H2,1-2H3,(H,23,25). The lowest BCUT2D eigenvalue weighted by Crippen LogP contribution is -2.22. The number of nitrogens with one attached hydrogen (secondary N) is 1. The van der Waals surface area contributed by atoms with E-state index in [0.29, 0.717) is 11.3 Å². The first kappa shape index (κ1) is 19.8. The van der Waals surface area contributed by atoms with Gasteiger partial charge in [-0.3, -0.25) is 14.9 Å². The minimum atomic E-state index is -0.444. The van der Waals surface area contributed by atoms with Crippen molar-refractivity contribution in [2.75, 3.05) is 5.32 Å². The highest BCUT2D eigenvalue weighted by Gasteiger charge is 2.23. The highest BCUT2D eigenvalue weighted by atomic mass is 32.2. The molecule has 1 atom stereocenters. The number of fused-ring (bicyclic) bond motifs is 3. The summed E-state index contributed by atoms with van der Waals surface area (Å²) in [5.41, 5.74) is 2.30. The molecular formula is C20H20N4O3S2. The van der Waals surface area contributed by atoms with Crippen LogP contribution in [-0.2, 0) is 17.6 Å². The Morgan fingerprint density at radius 3 is 2.90 bits per heavy atom. The van der Waals surface area contributed by atoms with Crippen LogP contribution >= 0.6 is 23.1 Å². The van der Waals surface area contributed by atoms with Gasteiger partial charge >= 0.3 is 0 Å². The lowest BCUT2D eigenvalue weighted by Gasteiger charge is -2.14. The molecule has 7 nitrogen and oxygen atoms in total. The minimum absolute atomic E-state index is 0.00878. The molecule has 0 bridgehead atoms. The maximum Gasteiger partial charge on any atom is 0.274 e. The zero-order valence-corrected chi connectivity index (χ0v) is 17.7. The maximum atomic E-state index is 12.7. The first-order valence-electron chi connectivity index (χ1n) is 9.42. The number of carbonyl (C=O) groups is 1. The number of nitro groups is 1. The Balaban J connectivity index is 1.55. The van der Waals surface area contributed by atoms with Crippen molar-refractivity contribution < 1.29 is 9.72 Å². The second kappa shape index (κ2) is 8.08. The number of nitrogens with zero attached hydrogens (tertiary/aromatic N) is 3. The van der Waals surface area contributed by atoms with Crippen LogP contribution in [0.2, 0.25) is 0 Å². The Morgan fingerprint density at radius 2 is 2.10 bits per heavy atom. The monoisotopic (exact) mass is 428 g/mol. The molecule has 4 rings (SSSR count). The molecule has 9 heteroatoms. The summed E-state index contributed by atoms with van der Waals surface area (Å²) < 4.78 is 0. The number of aryl methyl sites for hydroxylation is 3. The molecule has 2 aromatic heterocycles. The second-order valence-corrected chi connectivity index (χ2v) is 9.49. The van der Waals surface area contributed by atoms with Gasteiger partial charge in [0, 0.05) is 27.6 Å². The van der Waals surface area contributed by atoms with E-state index in [-0.39, 0.29) is 11.6 Å². The molecule has 0 aliphatic heterocycles. The van der Waals surface area contributed by atoms with Crippen molar-refractivity contribution in [3.05, 3.63) is 50.6 Å². The number of hydrogen-bond donors (Lipinski definition) is 1. The number of carbonyl (C=O) groups excluding carboxylic acids is 1. The normalized spacial score (nSPS) is 14.4. The Kier molecular flexibility index (Phi) is 5.51. The number of rotatable bonds is 5. The SMILES string of the molecule is Cc1ccc(NC(=O)C(C)Sc2ncnc3sc4c(c23)CCCC4)cc1[N+](=O)[O-]. The molecule has 0 fully saturated rings. The molecule has 1 amide bonds. The molecule has 1 aromatic carbocycles. The molecule has 1 aliphatic rings. The highest BCUT2D eigenvalue weighted by molar-refractivity contribution is 8.00. The second-order valence-electron chi connectivity index (χ2n) is 7.08. The van der Waals surface area contributed by atoms with Crippen molar-refractivity contribution in [3.8, 4) is 0 Å². The third kappa shape index (κ3) is 3.97. The van der Waals surface area contributed by atoms with Gasteiger partial charge in [0.15, 0.2) is 0 Å². The molecular weight excluding hydrogens is 408 g/mol. The Hall–Kier alpha value is -2.52. The number of benzene rings is 1. The van der Waals surface area contributed by atoms with E-state index in [1.807, 2.05) is 6.92 Å². The van der Waals surface area contributed by atoms with E-state index in [2.05, 4.69) is 15.3 Å². The highest BCUT2D eigenvalue weighted by Crippen LogP contribution is 2.40. The Bertz CT molecular complexity index is 1110. The van der Waals surface area contributed by atoms with Gasteiger partial charge in [-0.2, -0.15) is 0 Å². The fourth-order valence-electron chi connectivity index (χ4n) is 3.50. The van der Waals surface area contributed by atoms with Crippen LogP contribution in [0.4, 0.5) is 11.4 Å². The van der Waals surface area contributed by atoms with Gasteiger partial charge in [-0.1, -0.05) is 17.8 Å². The minimum Gasteiger partial charge on any atom is -0.325 e. The van der Waals surface area contributed by atoms with E-state index in [4.69, 9.17) is 0 Å². The number of aromatic nitrogens is 2. The maximum absolute atomic E-state index is 12.7. The Morgan fingerprint density at radius 1 is 1.31 bits per heavy atom. The quantitative estimate of drug-likeness (QED) is 0.268. The molecule has 0 spiro atoms. The number of hydrogen-bond acceptors (Lipinski definition) is 7. The smallest absolute Gasteiger partial charge is 0.274 e. The van der Waals surface area contributed by atoms with Gasteiger partial charge in [0.1, 0.15) is 16.2 Å². The number of thioether (sulfide) groups is 1. The number of amides is 1. The van der Waals surface area contributed by atoms with E-state index in [1.54, 1.807) is 36.7 Å². The van der Waals surface area contributed by atoms with Gasteiger partial charge in [0.2, 0.25) is 5.91 Å². The summed E-state index contributed by atoms with van der Waals surface area (Å²) in [5, 5.41) is 15.4. The molecule has 29 heavy (non-hydrogen) atoms. The summed E-state index contributed by atoms with van der Waals surface area (Å²) in [5.74, 6) is -0.219. The zero-order valence-electron chi connectivity index (χ0n) is 16.1. The van der Waals surface area contributed by atoms with Crippen LogP contribution in [0.15, 0.2) is 29.6 Å². The van der Waals surface area contributed by atoms with Crippen molar-refractivity contribution in [3.63, 3.8) is 0 Å². The van der Waals surface area contributed by atoms with Crippen LogP contribution in [-0.4, -0.2) is 26.0 Å². The molecule has 2 heterocycles. The predicted octanol–water partition coefficient (Wildman–Crippen LogP) is 4.91. The molecule has 1 N–H and O–H groups in total. The fraction of sp³-hybridized carbons (Fsp3) is 0.350. The van der Waals surface area contributed by atoms with Crippen LogP contribution in [0.5, 0.6) is 0 Å². The van der Waals surface area contributed by atoms with E-state index in [9.17, 15) is 14.9 Å². The van der Waals surface area contributed by atoms with E-state index >= 15 is 0 Å². The van der Waals surface area contributed by atoms with Gasteiger partial charge in [-0.25, -0.2) is 9.97 Å². The first-order chi connectivity index (χ1) is 13.9. The van der Waals surface area contributed by atoms with Gasteiger partial charge in [-0.15, -0.1) is 11.3 Å². The van der Waals surface area contributed by atoms with Crippen molar-refractivity contribution in [1.29, 1.82) is 0 Å². The summed E-state index contributed by atoms with van der Waals surface area (Å²) in [7, 11) is 0. The van der Waals surface area contributed by atoms with E-state index in [0.717, 1.165) is 28.1 Å². The van der Waals surface area contributed by atoms with E-state index in [1.165, 1.54) is 41.1 Å². The largest absolute Gasteiger partial charge is 0.325 e. The molecule has 1 aliphatic carbocycles. The van der Waals surface area contributed by atoms with Crippen molar-refractivity contribution >= 4 is 50.6 Å². The van der Waals surface area contributed by atoms with E-state index < -0.39 is 10.2 Å². The molecule has 0 saturated heterocycles. The van der Waals surface area contributed by atoms with Crippen molar-refractivity contribution in [2.45, 2.75) is 49.8 Å². The molecule has 0 saturated carbocycles. The van der Waals surface area contributed by atoms with Crippen LogP contribution < -0.4 is 5.32 Å². The van der Waals surface area contributed by atoms with Crippen LogP contribution in [0.1, 0.15) is 35.8 Å². The summed E-state index contributed by atoms with van der Waals surface area (Å²) in [6.45, 7) is 3.49.